The van der Waals surface area contributed by atoms with Gasteiger partial charge in [-0.2, -0.15) is 0 Å². The highest BCUT2D eigenvalue weighted by Gasteiger charge is 2.09. The van der Waals surface area contributed by atoms with Gasteiger partial charge in [-0.05, 0) is 19.1 Å². The molecule has 1 aromatic carbocycles. The Balaban J connectivity index is 2.59. The highest BCUT2D eigenvalue weighted by Crippen LogP contribution is 2.28. The van der Waals surface area contributed by atoms with Crippen molar-refractivity contribution in [3.8, 4) is 0 Å². The van der Waals surface area contributed by atoms with Gasteiger partial charge in [-0.25, -0.2) is 9.37 Å². The van der Waals surface area contributed by atoms with Gasteiger partial charge in [0.15, 0.2) is 4.96 Å². The van der Waals surface area contributed by atoms with Crippen molar-refractivity contribution in [3.05, 3.63) is 35.9 Å². The van der Waals surface area contributed by atoms with Crippen LogP contribution in [0.15, 0.2) is 24.4 Å². The fourth-order valence-corrected chi connectivity index (χ4v) is 2.66. The van der Waals surface area contributed by atoms with E-state index in [1.807, 2.05) is 23.6 Å². The van der Waals surface area contributed by atoms with Gasteiger partial charge in [0, 0.05) is 6.20 Å². The summed E-state index contributed by atoms with van der Waals surface area (Å²) >= 11 is 1.39. The van der Waals surface area contributed by atoms with Crippen molar-refractivity contribution >= 4 is 26.5 Å². The standard InChI is InChI=1S/C10H7FN2S/c1-6-5-13-8-4-2-3-7(11)9(8)14-10(13)12-6/h2-5H,1H3. The second-order valence-corrected chi connectivity index (χ2v) is 4.20. The summed E-state index contributed by atoms with van der Waals surface area (Å²) in [5, 5.41) is 0. The third-order valence-electron chi connectivity index (χ3n) is 2.19. The number of hydrogen-bond donors (Lipinski definition) is 0. The molecule has 0 saturated heterocycles. The van der Waals surface area contributed by atoms with E-state index in [1.165, 1.54) is 17.4 Å². The molecule has 2 nitrogen and oxygen atoms in total. The molecular weight excluding hydrogens is 199 g/mol. The Hall–Kier alpha value is -1.42. The van der Waals surface area contributed by atoms with E-state index in [1.54, 1.807) is 6.07 Å². The molecule has 0 spiro atoms. The highest BCUT2D eigenvalue weighted by atomic mass is 32.1. The predicted molar refractivity (Wildman–Crippen MR) is 55.3 cm³/mol. The zero-order valence-electron chi connectivity index (χ0n) is 7.49. The largest absolute Gasteiger partial charge is 0.290 e. The Morgan fingerprint density at radius 2 is 2.29 bits per heavy atom. The number of aryl methyl sites for hydroxylation is 1. The maximum absolute atomic E-state index is 13.4. The summed E-state index contributed by atoms with van der Waals surface area (Å²) in [7, 11) is 0. The number of nitrogens with zero attached hydrogens (tertiary/aromatic N) is 2. The smallest absolute Gasteiger partial charge is 0.195 e. The summed E-state index contributed by atoms with van der Waals surface area (Å²) in [5.41, 5.74) is 1.85. The van der Waals surface area contributed by atoms with Crippen LogP contribution in [0, 0.1) is 12.7 Å². The van der Waals surface area contributed by atoms with Crippen LogP contribution in [0.4, 0.5) is 4.39 Å². The first-order valence-electron chi connectivity index (χ1n) is 4.28. The predicted octanol–water partition coefficient (Wildman–Crippen LogP) is 3.00. The number of hydrogen-bond acceptors (Lipinski definition) is 2. The van der Waals surface area contributed by atoms with Gasteiger partial charge >= 0.3 is 0 Å². The Morgan fingerprint density at radius 3 is 3.14 bits per heavy atom. The quantitative estimate of drug-likeness (QED) is 0.552. The minimum Gasteiger partial charge on any atom is -0.290 e. The molecule has 0 fully saturated rings. The zero-order valence-corrected chi connectivity index (χ0v) is 8.31. The zero-order chi connectivity index (χ0) is 9.71. The van der Waals surface area contributed by atoms with Crippen LogP contribution in [0.2, 0.25) is 0 Å². The van der Waals surface area contributed by atoms with Gasteiger partial charge in [-0.15, -0.1) is 0 Å². The van der Waals surface area contributed by atoms with Gasteiger partial charge in [0.25, 0.3) is 0 Å². The molecule has 3 aromatic rings. The van der Waals surface area contributed by atoms with E-state index in [9.17, 15) is 4.39 Å². The van der Waals surface area contributed by atoms with Crippen molar-refractivity contribution in [2.45, 2.75) is 6.92 Å². The summed E-state index contributed by atoms with van der Waals surface area (Å²) < 4.78 is 16.0. The molecule has 0 aliphatic heterocycles. The lowest BCUT2D eigenvalue weighted by atomic mass is 10.3. The number of aromatic nitrogens is 2. The number of rotatable bonds is 0. The van der Waals surface area contributed by atoms with E-state index in [4.69, 9.17) is 0 Å². The van der Waals surface area contributed by atoms with Crippen LogP contribution in [0.25, 0.3) is 15.2 Å². The normalized spacial score (nSPS) is 11.6. The molecule has 0 unspecified atom stereocenters. The number of imidazole rings is 1. The minimum atomic E-state index is -0.171. The molecule has 70 valence electrons. The lowest BCUT2D eigenvalue weighted by molar-refractivity contribution is 0.641. The molecule has 0 bridgehead atoms. The Bertz CT molecular complexity index is 623. The summed E-state index contributed by atoms with van der Waals surface area (Å²) in [6.07, 6.45) is 1.92. The molecule has 0 N–H and O–H groups in total. The van der Waals surface area contributed by atoms with Crippen LogP contribution < -0.4 is 0 Å². The molecule has 0 atom stereocenters. The second kappa shape index (κ2) is 2.54. The molecule has 4 heteroatoms. The van der Waals surface area contributed by atoms with E-state index in [0.29, 0.717) is 4.70 Å². The molecule has 0 aliphatic rings. The number of halogens is 1. The van der Waals surface area contributed by atoms with Crippen molar-refractivity contribution in [3.63, 3.8) is 0 Å². The molecule has 14 heavy (non-hydrogen) atoms. The number of thiazole rings is 1. The van der Waals surface area contributed by atoms with Crippen LogP contribution in [-0.2, 0) is 0 Å². The average molecular weight is 206 g/mol. The van der Waals surface area contributed by atoms with E-state index in [2.05, 4.69) is 4.98 Å². The van der Waals surface area contributed by atoms with Gasteiger partial charge in [-0.3, -0.25) is 4.40 Å². The third-order valence-corrected chi connectivity index (χ3v) is 3.27. The fraction of sp³-hybridized carbons (Fsp3) is 0.100. The monoisotopic (exact) mass is 206 g/mol. The summed E-state index contributed by atoms with van der Waals surface area (Å²) in [4.78, 5) is 5.16. The lowest BCUT2D eigenvalue weighted by Gasteiger charge is -1.90. The maximum Gasteiger partial charge on any atom is 0.195 e. The molecule has 0 amide bonds. The van der Waals surface area contributed by atoms with E-state index in [-0.39, 0.29) is 5.82 Å². The SMILES string of the molecule is Cc1cn2c(n1)sc1c(F)cccc12. The molecule has 2 aromatic heterocycles. The van der Waals surface area contributed by atoms with Crippen molar-refractivity contribution < 1.29 is 4.39 Å². The number of fused-ring (bicyclic) bond motifs is 3. The maximum atomic E-state index is 13.4. The molecule has 3 rings (SSSR count). The Labute approximate surface area is 83.6 Å². The van der Waals surface area contributed by atoms with Crippen LogP contribution >= 0.6 is 11.3 Å². The second-order valence-electron chi connectivity index (χ2n) is 3.23. The van der Waals surface area contributed by atoms with Crippen LogP contribution in [0.3, 0.4) is 0 Å². The van der Waals surface area contributed by atoms with Gasteiger partial charge in [-0.1, -0.05) is 17.4 Å². The van der Waals surface area contributed by atoms with Crippen LogP contribution in [0.1, 0.15) is 5.69 Å². The van der Waals surface area contributed by atoms with Crippen molar-refractivity contribution in [2.24, 2.45) is 0 Å². The molecule has 0 radical (unpaired) electrons. The summed E-state index contributed by atoms with van der Waals surface area (Å²) in [5.74, 6) is -0.171. The molecule has 2 heterocycles. The first-order valence-corrected chi connectivity index (χ1v) is 5.10. The first-order chi connectivity index (χ1) is 6.75. The van der Waals surface area contributed by atoms with Crippen molar-refractivity contribution in [1.29, 1.82) is 0 Å². The fourth-order valence-electron chi connectivity index (χ4n) is 1.60. The van der Waals surface area contributed by atoms with E-state index >= 15 is 0 Å². The average Bonchev–Trinajstić information content (AvgIpc) is 2.63. The minimum absolute atomic E-state index is 0.171. The van der Waals surface area contributed by atoms with Crippen molar-refractivity contribution in [1.82, 2.24) is 9.38 Å². The third kappa shape index (κ3) is 0.915. The summed E-state index contributed by atoms with van der Waals surface area (Å²) in [6, 6.07) is 5.10. The lowest BCUT2D eigenvalue weighted by Crippen LogP contribution is -1.78. The van der Waals surface area contributed by atoms with Crippen molar-refractivity contribution in [2.75, 3.05) is 0 Å². The summed E-state index contributed by atoms with van der Waals surface area (Å²) in [6.45, 7) is 1.94. The van der Waals surface area contributed by atoms with Gasteiger partial charge in [0.1, 0.15) is 5.82 Å². The topological polar surface area (TPSA) is 17.3 Å². The Kier molecular flexibility index (Phi) is 1.44. The van der Waals surface area contributed by atoms with Gasteiger partial charge < -0.3 is 0 Å². The van der Waals surface area contributed by atoms with E-state index in [0.717, 1.165) is 16.2 Å². The highest BCUT2D eigenvalue weighted by molar-refractivity contribution is 7.23. The van der Waals surface area contributed by atoms with E-state index < -0.39 is 0 Å². The molecule has 0 saturated carbocycles. The molecular formula is C10H7FN2S. The van der Waals surface area contributed by atoms with Crippen LogP contribution in [0.5, 0.6) is 0 Å². The number of benzene rings is 1. The van der Waals surface area contributed by atoms with Gasteiger partial charge in [0.2, 0.25) is 0 Å². The first kappa shape index (κ1) is 7.94. The Morgan fingerprint density at radius 1 is 1.43 bits per heavy atom. The molecule has 0 aliphatic carbocycles. The van der Waals surface area contributed by atoms with Crippen LogP contribution in [-0.4, -0.2) is 9.38 Å². The van der Waals surface area contributed by atoms with Gasteiger partial charge in [0.05, 0.1) is 15.9 Å².